The maximum atomic E-state index is 11.9. The van der Waals surface area contributed by atoms with Gasteiger partial charge in [-0.05, 0) is 44.4 Å². The van der Waals surface area contributed by atoms with Gasteiger partial charge in [-0.3, -0.25) is 0 Å². The fourth-order valence-electron chi connectivity index (χ4n) is 2.79. The number of alkyl carbamates (subject to hydrolysis) is 1. The number of carbonyl (C=O) groups is 1. The summed E-state index contributed by atoms with van der Waals surface area (Å²) in [5, 5.41) is 15.9. The Morgan fingerprint density at radius 3 is 2.58 bits per heavy atom. The Morgan fingerprint density at radius 1 is 1.18 bits per heavy atom. The van der Waals surface area contributed by atoms with Crippen molar-refractivity contribution in [3.8, 4) is 0 Å². The predicted molar refractivity (Wildman–Crippen MR) is 132 cm³/mol. The molecule has 1 amide bonds. The molecule has 0 aliphatic carbocycles. The number of anilines is 1. The molecule has 178 valence electrons. The smallest absolute Gasteiger partial charge is 0.407 e. The van der Waals surface area contributed by atoms with Crippen LogP contribution in [0.4, 0.5) is 10.6 Å². The average Bonchev–Trinajstić information content (AvgIpc) is 3.13. The molecule has 9 nitrogen and oxygen atoms in total. The van der Waals surface area contributed by atoms with Crippen molar-refractivity contribution < 1.29 is 9.53 Å². The summed E-state index contributed by atoms with van der Waals surface area (Å²) in [4.78, 5) is 21.2. The van der Waals surface area contributed by atoms with Crippen molar-refractivity contribution >= 4 is 46.4 Å². The van der Waals surface area contributed by atoms with Crippen molar-refractivity contribution in [2.24, 2.45) is 5.92 Å². The number of fused-ring (bicyclic) bond motifs is 1. The van der Waals surface area contributed by atoms with Crippen LogP contribution in [0.5, 0.6) is 0 Å². The number of hydrogen-bond donors (Lipinski definition) is 2. The number of aromatic nitrogens is 5. The van der Waals surface area contributed by atoms with E-state index in [0.717, 1.165) is 11.3 Å². The van der Waals surface area contributed by atoms with Crippen molar-refractivity contribution in [1.29, 1.82) is 0 Å². The van der Waals surface area contributed by atoms with Crippen LogP contribution in [-0.4, -0.2) is 55.5 Å². The quantitative estimate of drug-likeness (QED) is 0.254. The highest BCUT2D eigenvalue weighted by molar-refractivity contribution is 7.99. The highest BCUT2D eigenvalue weighted by Gasteiger charge is 2.17. The van der Waals surface area contributed by atoms with Crippen molar-refractivity contribution in [2.45, 2.75) is 51.9 Å². The molecule has 33 heavy (non-hydrogen) atoms. The lowest BCUT2D eigenvalue weighted by atomic mass is 10.2. The largest absolute Gasteiger partial charge is 0.444 e. The minimum Gasteiger partial charge on any atom is -0.444 e. The summed E-state index contributed by atoms with van der Waals surface area (Å²) in [6.45, 7) is 11.1. The number of nitrogens with one attached hydrogen (secondary N) is 2. The molecule has 3 aromatic rings. The molecule has 0 unspecified atom stereocenters. The van der Waals surface area contributed by atoms with Crippen LogP contribution in [-0.2, 0) is 11.3 Å². The van der Waals surface area contributed by atoms with Crippen LogP contribution in [0.15, 0.2) is 29.4 Å². The number of amides is 1. The number of benzene rings is 1. The van der Waals surface area contributed by atoms with E-state index in [1.807, 2.05) is 45.0 Å². The van der Waals surface area contributed by atoms with E-state index >= 15 is 0 Å². The molecule has 2 heterocycles. The fraction of sp³-hybridized carbons (Fsp3) is 0.500. The first-order valence-electron chi connectivity index (χ1n) is 10.8. The molecular weight excluding hydrogens is 462 g/mol. The van der Waals surface area contributed by atoms with E-state index in [9.17, 15) is 4.79 Å². The maximum absolute atomic E-state index is 11.9. The minimum atomic E-state index is -0.540. The third-order valence-corrected chi connectivity index (χ3v) is 5.75. The van der Waals surface area contributed by atoms with Gasteiger partial charge in [0.2, 0.25) is 0 Å². The second kappa shape index (κ2) is 11.0. The number of carbonyl (C=O) groups excluding carboxylic acids is 1. The van der Waals surface area contributed by atoms with Crippen molar-refractivity contribution in [3.63, 3.8) is 0 Å². The zero-order valence-electron chi connectivity index (χ0n) is 19.6. The zero-order valence-corrected chi connectivity index (χ0v) is 21.1. The molecule has 2 N–H and O–H groups in total. The summed E-state index contributed by atoms with van der Waals surface area (Å²) in [5.41, 5.74) is 1.72. The predicted octanol–water partition coefficient (Wildman–Crippen LogP) is 4.61. The summed E-state index contributed by atoms with van der Waals surface area (Å²) < 4.78 is 7.01. The second-order valence-electron chi connectivity index (χ2n) is 8.96. The molecule has 0 aliphatic rings. The first-order chi connectivity index (χ1) is 15.6. The molecule has 0 bridgehead atoms. The lowest BCUT2D eigenvalue weighted by Gasteiger charge is -2.19. The summed E-state index contributed by atoms with van der Waals surface area (Å²) >= 11 is 7.59. The van der Waals surface area contributed by atoms with Gasteiger partial charge in [0.1, 0.15) is 5.60 Å². The van der Waals surface area contributed by atoms with E-state index in [1.165, 1.54) is 0 Å². The second-order valence-corrected chi connectivity index (χ2v) is 10.4. The lowest BCUT2D eigenvalue weighted by molar-refractivity contribution is 0.0530. The molecule has 3 rings (SSSR count). The van der Waals surface area contributed by atoms with E-state index in [0.29, 0.717) is 52.7 Å². The van der Waals surface area contributed by atoms with E-state index in [2.05, 4.69) is 39.8 Å². The van der Waals surface area contributed by atoms with Crippen LogP contribution in [0, 0.1) is 5.92 Å². The van der Waals surface area contributed by atoms with Crippen LogP contribution < -0.4 is 10.6 Å². The summed E-state index contributed by atoms with van der Waals surface area (Å²) in [6.07, 6.45) is -0.459. The standard InChI is InChI=1S/C22H30ClN7O2S/c1-14(2)13-33-20-26-18(24-10-11-25-21(31)32-22(3,4)5)17-19(27-20)30(29-28-17)12-15-6-8-16(23)9-7-15/h6-9,14H,10-13H2,1-5H3,(H,25,31)(H,24,26,27). The fourth-order valence-corrected chi connectivity index (χ4v) is 3.71. The summed E-state index contributed by atoms with van der Waals surface area (Å²) in [6, 6.07) is 7.60. The molecule has 0 saturated carbocycles. The first-order valence-corrected chi connectivity index (χ1v) is 12.2. The zero-order chi connectivity index (χ0) is 24.0. The highest BCUT2D eigenvalue weighted by Crippen LogP contribution is 2.24. The topological polar surface area (TPSA) is 107 Å². The van der Waals surface area contributed by atoms with Gasteiger partial charge in [0.15, 0.2) is 22.1 Å². The Kier molecular flexibility index (Phi) is 8.36. The maximum Gasteiger partial charge on any atom is 0.407 e. The molecule has 0 radical (unpaired) electrons. The van der Waals surface area contributed by atoms with Gasteiger partial charge in [0, 0.05) is 23.9 Å². The molecule has 2 aromatic heterocycles. The van der Waals surface area contributed by atoms with Crippen LogP contribution in [0.3, 0.4) is 0 Å². The van der Waals surface area contributed by atoms with E-state index < -0.39 is 11.7 Å². The summed E-state index contributed by atoms with van der Waals surface area (Å²) in [5.74, 6) is 1.98. The third kappa shape index (κ3) is 7.75. The molecule has 0 fully saturated rings. The number of thioether (sulfide) groups is 1. The number of rotatable bonds is 9. The average molecular weight is 492 g/mol. The number of nitrogens with zero attached hydrogens (tertiary/aromatic N) is 5. The Hall–Kier alpha value is -2.59. The van der Waals surface area contributed by atoms with Gasteiger partial charge in [-0.1, -0.05) is 54.6 Å². The Balaban J connectivity index is 1.76. The number of halogens is 1. The number of ether oxygens (including phenoxy) is 1. The molecule has 0 aliphatic heterocycles. The van der Waals surface area contributed by atoms with Gasteiger partial charge < -0.3 is 15.4 Å². The van der Waals surface area contributed by atoms with E-state index in [-0.39, 0.29) is 0 Å². The van der Waals surface area contributed by atoms with Gasteiger partial charge in [0.25, 0.3) is 0 Å². The van der Waals surface area contributed by atoms with E-state index in [4.69, 9.17) is 21.3 Å². The number of hydrogen-bond acceptors (Lipinski definition) is 8. The van der Waals surface area contributed by atoms with Crippen LogP contribution in [0.25, 0.3) is 11.2 Å². The molecule has 1 aromatic carbocycles. The Morgan fingerprint density at radius 2 is 1.91 bits per heavy atom. The Bertz CT molecular complexity index is 1080. The van der Waals surface area contributed by atoms with Crippen molar-refractivity contribution in [1.82, 2.24) is 30.3 Å². The van der Waals surface area contributed by atoms with Gasteiger partial charge in [-0.25, -0.2) is 19.4 Å². The highest BCUT2D eigenvalue weighted by atomic mass is 35.5. The molecular formula is C22H30ClN7O2S. The SMILES string of the molecule is CC(C)CSc1nc(NCCNC(=O)OC(C)(C)C)c2nnn(Cc3ccc(Cl)cc3)c2n1. The monoisotopic (exact) mass is 491 g/mol. The van der Waals surface area contributed by atoms with Crippen molar-refractivity contribution in [2.75, 3.05) is 24.2 Å². The van der Waals surface area contributed by atoms with E-state index in [1.54, 1.807) is 16.4 Å². The molecule has 0 atom stereocenters. The van der Waals surface area contributed by atoms with Gasteiger partial charge in [-0.2, -0.15) is 0 Å². The minimum absolute atomic E-state index is 0.369. The van der Waals surface area contributed by atoms with Gasteiger partial charge in [0.05, 0.1) is 6.54 Å². The first kappa shape index (κ1) is 25.0. The van der Waals surface area contributed by atoms with Gasteiger partial charge in [-0.15, -0.1) is 5.10 Å². The third-order valence-electron chi connectivity index (χ3n) is 4.22. The van der Waals surface area contributed by atoms with Gasteiger partial charge >= 0.3 is 6.09 Å². The molecule has 0 spiro atoms. The lowest BCUT2D eigenvalue weighted by Crippen LogP contribution is -2.35. The summed E-state index contributed by atoms with van der Waals surface area (Å²) in [7, 11) is 0. The van der Waals surface area contributed by atoms with Crippen LogP contribution >= 0.6 is 23.4 Å². The van der Waals surface area contributed by atoms with Crippen molar-refractivity contribution in [3.05, 3.63) is 34.9 Å². The van der Waals surface area contributed by atoms with Crippen LogP contribution in [0.1, 0.15) is 40.2 Å². The van der Waals surface area contributed by atoms with Crippen LogP contribution in [0.2, 0.25) is 5.02 Å². The normalized spacial score (nSPS) is 11.7. The molecule has 0 saturated heterocycles. The molecule has 11 heteroatoms. The Labute approximate surface area is 203 Å².